The van der Waals surface area contributed by atoms with Crippen LogP contribution in [0, 0.1) is 0 Å². The number of ether oxygens (including phenoxy) is 1. The van der Waals surface area contributed by atoms with Gasteiger partial charge in [0.25, 0.3) is 0 Å². The molecule has 1 saturated heterocycles. The molecule has 0 aliphatic carbocycles. The molecule has 1 fully saturated rings. The van der Waals surface area contributed by atoms with Gasteiger partial charge in [0.1, 0.15) is 5.75 Å². The molecule has 2 heterocycles. The van der Waals surface area contributed by atoms with Crippen LogP contribution in [-0.2, 0) is 0 Å². The van der Waals surface area contributed by atoms with E-state index in [9.17, 15) is 0 Å². The lowest BCUT2D eigenvalue weighted by Crippen LogP contribution is -2.46. The molecule has 5 nitrogen and oxygen atoms in total. The molecule has 0 spiro atoms. The minimum Gasteiger partial charge on any atom is -0.493 e. The van der Waals surface area contributed by atoms with Crippen molar-refractivity contribution in [1.29, 1.82) is 0 Å². The first kappa shape index (κ1) is 20.1. The van der Waals surface area contributed by atoms with Gasteiger partial charge in [-0.25, -0.2) is 0 Å². The number of rotatable bonds is 7. The van der Waals surface area contributed by atoms with Gasteiger partial charge in [0, 0.05) is 62.5 Å². The topological polar surface area (TPSA) is 40.1 Å². The van der Waals surface area contributed by atoms with Gasteiger partial charge in [-0.15, -0.1) is 0 Å². The third-order valence-electron chi connectivity index (χ3n) is 5.26. The molecule has 0 saturated carbocycles. The van der Waals surface area contributed by atoms with E-state index < -0.39 is 0 Å². The first-order valence-corrected chi connectivity index (χ1v) is 11.5. The molecule has 4 rings (SSSR count). The van der Waals surface area contributed by atoms with Gasteiger partial charge in [0.2, 0.25) is 0 Å². The highest BCUT2D eigenvalue weighted by Gasteiger charge is 2.16. The Morgan fingerprint density at radius 1 is 1.00 bits per heavy atom. The molecule has 0 atom stereocenters. The highest BCUT2D eigenvalue weighted by Crippen LogP contribution is 2.21. The van der Waals surface area contributed by atoms with Crippen LogP contribution in [0.4, 0.5) is 11.4 Å². The van der Waals surface area contributed by atoms with Gasteiger partial charge in [0.15, 0.2) is 5.17 Å². The molecule has 2 aromatic rings. The standard InChI is InChI=1S/C23H30N4OS/c1-2-8-21(9-3-1)27-15-13-26(14-16-27)12-6-17-28-22-10-4-7-20(19-22)25-23-24-11-5-18-29-23/h1-4,7-10,19H,5-6,11-18H2,(H,24,25). The van der Waals surface area contributed by atoms with E-state index >= 15 is 0 Å². The molecule has 2 aliphatic heterocycles. The molecule has 1 N–H and O–H groups in total. The average Bonchev–Trinajstić information content (AvgIpc) is 2.79. The van der Waals surface area contributed by atoms with E-state index in [1.165, 1.54) is 12.1 Å². The number of anilines is 2. The summed E-state index contributed by atoms with van der Waals surface area (Å²) in [7, 11) is 0. The van der Waals surface area contributed by atoms with Crippen molar-refractivity contribution in [1.82, 2.24) is 4.90 Å². The van der Waals surface area contributed by atoms with Gasteiger partial charge >= 0.3 is 0 Å². The van der Waals surface area contributed by atoms with Gasteiger partial charge in [-0.1, -0.05) is 36.0 Å². The summed E-state index contributed by atoms with van der Waals surface area (Å²) in [5, 5.41) is 4.42. The van der Waals surface area contributed by atoms with Crippen LogP contribution >= 0.6 is 11.8 Å². The van der Waals surface area contributed by atoms with E-state index in [-0.39, 0.29) is 0 Å². The molecule has 29 heavy (non-hydrogen) atoms. The summed E-state index contributed by atoms with van der Waals surface area (Å²) in [5.74, 6) is 2.06. The van der Waals surface area contributed by atoms with Crippen molar-refractivity contribution >= 4 is 28.3 Å². The molecule has 0 bridgehead atoms. The molecular formula is C23H30N4OS. The number of amidine groups is 1. The molecule has 154 valence electrons. The fraction of sp³-hybridized carbons (Fsp3) is 0.435. The first-order chi connectivity index (χ1) is 14.4. The van der Waals surface area contributed by atoms with E-state index in [1.54, 1.807) is 11.8 Å². The minimum absolute atomic E-state index is 0.748. The summed E-state index contributed by atoms with van der Waals surface area (Å²) in [5.41, 5.74) is 2.38. The number of nitrogens with zero attached hydrogens (tertiary/aromatic N) is 3. The second kappa shape index (κ2) is 10.6. The second-order valence-corrected chi connectivity index (χ2v) is 8.49. The van der Waals surface area contributed by atoms with Crippen LogP contribution in [-0.4, -0.2) is 61.7 Å². The van der Waals surface area contributed by atoms with Gasteiger partial charge in [-0.05, 0) is 37.1 Å². The monoisotopic (exact) mass is 410 g/mol. The molecule has 0 amide bonds. The summed E-state index contributed by atoms with van der Waals surface area (Å²) in [6.07, 6.45) is 2.21. The maximum absolute atomic E-state index is 5.99. The average molecular weight is 411 g/mol. The van der Waals surface area contributed by atoms with Crippen LogP contribution in [0.5, 0.6) is 5.75 Å². The highest BCUT2D eigenvalue weighted by molar-refractivity contribution is 8.14. The van der Waals surface area contributed by atoms with Crippen molar-refractivity contribution < 1.29 is 4.74 Å². The Kier molecular flexibility index (Phi) is 7.32. The Morgan fingerprint density at radius 3 is 2.66 bits per heavy atom. The third-order valence-corrected chi connectivity index (χ3v) is 6.26. The van der Waals surface area contributed by atoms with E-state index in [1.807, 2.05) is 12.1 Å². The predicted octanol–water partition coefficient (Wildman–Crippen LogP) is 4.18. The quantitative estimate of drug-likeness (QED) is 0.694. The molecule has 0 radical (unpaired) electrons. The molecule has 2 aliphatic rings. The normalized spacial score (nSPS) is 17.7. The number of hydrogen-bond donors (Lipinski definition) is 1. The number of hydrogen-bond acceptors (Lipinski definition) is 6. The summed E-state index contributed by atoms with van der Waals surface area (Å²) < 4.78 is 5.99. The number of piperazine rings is 1. The first-order valence-electron chi connectivity index (χ1n) is 10.6. The van der Waals surface area contributed by atoms with Gasteiger partial charge in [0.05, 0.1) is 6.61 Å². The van der Waals surface area contributed by atoms with E-state index in [2.05, 4.69) is 62.6 Å². The Bertz CT molecular complexity index is 790. The summed E-state index contributed by atoms with van der Waals surface area (Å²) in [4.78, 5) is 9.54. The van der Waals surface area contributed by atoms with E-state index in [4.69, 9.17) is 4.74 Å². The minimum atomic E-state index is 0.748. The molecule has 6 heteroatoms. The lowest BCUT2D eigenvalue weighted by Gasteiger charge is -2.36. The predicted molar refractivity (Wildman–Crippen MR) is 125 cm³/mol. The lowest BCUT2D eigenvalue weighted by atomic mass is 10.2. The molecule has 0 aromatic heterocycles. The van der Waals surface area contributed by atoms with E-state index in [0.717, 1.165) is 74.7 Å². The number of nitrogens with one attached hydrogen (secondary N) is 1. The SMILES string of the molecule is c1ccc(N2CCN(CCCOc3cccc(NC4=NCCCS4)c3)CC2)cc1. The largest absolute Gasteiger partial charge is 0.493 e. The number of thioether (sulfide) groups is 1. The van der Waals surface area contributed by atoms with Crippen molar-refractivity contribution in [2.45, 2.75) is 12.8 Å². The van der Waals surface area contributed by atoms with Gasteiger partial charge < -0.3 is 15.0 Å². The lowest BCUT2D eigenvalue weighted by molar-refractivity contribution is 0.225. The van der Waals surface area contributed by atoms with Crippen LogP contribution in [0.25, 0.3) is 0 Å². The number of para-hydroxylation sites is 1. The molecule has 2 aromatic carbocycles. The highest BCUT2D eigenvalue weighted by atomic mass is 32.2. The Balaban J connectivity index is 1.16. The zero-order valence-corrected chi connectivity index (χ0v) is 17.7. The van der Waals surface area contributed by atoms with Crippen molar-refractivity contribution in [2.24, 2.45) is 4.99 Å². The zero-order chi connectivity index (χ0) is 19.7. The van der Waals surface area contributed by atoms with Gasteiger partial charge in [-0.3, -0.25) is 9.89 Å². The van der Waals surface area contributed by atoms with Crippen LogP contribution in [0.15, 0.2) is 59.6 Å². The summed E-state index contributed by atoms with van der Waals surface area (Å²) in [6, 6.07) is 18.9. The third kappa shape index (κ3) is 6.15. The summed E-state index contributed by atoms with van der Waals surface area (Å²) in [6.45, 7) is 7.19. The van der Waals surface area contributed by atoms with Crippen molar-refractivity contribution in [3.05, 3.63) is 54.6 Å². The Hall–Kier alpha value is -2.18. The van der Waals surface area contributed by atoms with Crippen molar-refractivity contribution in [2.75, 3.05) is 61.8 Å². The fourth-order valence-electron chi connectivity index (χ4n) is 3.67. The zero-order valence-electron chi connectivity index (χ0n) is 16.9. The number of benzene rings is 2. The molecular weight excluding hydrogens is 380 g/mol. The van der Waals surface area contributed by atoms with E-state index in [0.29, 0.717) is 0 Å². The summed E-state index contributed by atoms with van der Waals surface area (Å²) >= 11 is 1.79. The van der Waals surface area contributed by atoms with Gasteiger partial charge in [-0.2, -0.15) is 0 Å². The van der Waals surface area contributed by atoms with Crippen molar-refractivity contribution in [3.63, 3.8) is 0 Å². The number of aliphatic imine (C=N–C) groups is 1. The Labute approximate surface area is 178 Å². The van der Waals surface area contributed by atoms with Crippen LogP contribution in [0.1, 0.15) is 12.8 Å². The maximum Gasteiger partial charge on any atom is 0.161 e. The smallest absolute Gasteiger partial charge is 0.161 e. The second-order valence-electron chi connectivity index (χ2n) is 7.41. The maximum atomic E-state index is 5.99. The van der Waals surface area contributed by atoms with Crippen molar-refractivity contribution in [3.8, 4) is 5.75 Å². The van der Waals surface area contributed by atoms with Crippen LogP contribution in [0.3, 0.4) is 0 Å². The Morgan fingerprint density at radius 2 is 1.86 bits per heavy atom. The van der Waals surface area contributed by atoms with Crippen LogP contribution in [0.2, 0.25) is 0 Å². The van der Waals surface area contributed by atoms with Crippen LogP contribution < -0.4 is 15.0 Å². The molecule has 0 unspecified atom stereocenters. The fourth-order valence-corrected chi connectivity index (χ4v) is 4.51.